The second kappa shape index (κ2) is 7.72. The maximum Gasteiger partial charge on any atom is 0.295 e. The number of aliphatic hydroxyl groups is 1. The van der Waals surface area contributed by atoms with Crippen LogP contribution in [-0.2, 0) is 9.59 Å². The van der Waals surface area contributed by atoms with Crippen molar-refractivity contribution < 1.29 is 19.6 Å². The number of rotatable bonds is 5. The summed E-state index contributed by atoms with van der Waals surface area (Å²) in [7, 11) is 3.97. The molecular formula is C21H24N3O3+. The van der Waals surface area contributed by atoms with Gasteiger partial charge in [0.1, 0.15) is 11.8 Å². The highest BCUT2D eigenvalue weighted by atomic mass is 16.3. The van der Waals surface area contributed by atoms with Gasteiger partial charge in [0.25, 0.3) is 11.7 Å². The predicted molar refractivity (Wildman–Crippen MR) is 102 cm³/mol. The third kappa shape index (κ3) is 3.75. The average molecular weight is 366 g/mol. The summed E-state index contributed by atoms with van der Waals surface area (Å²) in [6, 6.07) is 11.9. The summed E-state index contributed by atoms with van der Waals surface area (Å²) in [6.45, 7) is 3.03. The number of amides is 1. The molecule has 1 amide bonds. The van der Waals surface area contributed by atoms with Crippen molar-refractivity contribution in [3.05, 3.63) is 71.1 Å². The van der Waals surface area contributed by atoms with E-state index in [4.69, 9.17) is 0 Å². The standard InChI is InChI=1S/C21H23N3O3/c1-14-7-9-15(10-8-14)19(25)17-18(16-6-4-5-11-22-16)24(13-12-23(2)3)21(27)20(17)26/h4-11,18,25H,12-13H2,1-3H3/p+1/t18-/m0/s1. The maximum atomic E-state index is 12.8. The summed E-state index contributed by atoms with van der Waals surface area (Å²) in [5.74, 6) is -1.43. The van der Waals surface area contributed by atoms with E-state index >= 15 is 0 Å². The van der Waals surface area contributed by atoms with Crippen molar-refractivity contribution in [1.82, 2.24) is 9.88 Å². The number of aryl methyl sites for hydroxylation is 1. The molecule has 140 valence electrons. The minimum atomic E-state index is -0.688. The lowest BCUT2D eigenvalue weighted by atomic mass is 9.98. The molecule has 2 N–H and O–H groups in total. The largest absolute Gasteiger partial charge is 0.507 e. The van der Waals surface area contributed by atoms with Gasteiger partial charge in [-0.05, 0) is 19.1 Å². The highest BCUT2D eigenvalue weighted by Crippen LogP contribution is 2.38. The van der Waals surface area contributed by atoms with E-state index in [-0.39, 0.29) is 11.3 Å². The van der Waals surface area contributed by atoms with Crippen LogP contribution in [0.1, 0.15) is 22.9 Å². The Kier molecular flexibility index (Phi) is 5.37. The van der Waals surface area contributed by atoms with Crippen LogP contribution < -0.4 is 4.90 Å². The molecule has 1 aromatic heterocycles. The number of likely N-dealkylation sites (tertiary alicyclic amines) is 1. The molecule has 1 atom stereocenters. The van der Waals surface area contributed by atoms with Crippen molar-refractivity contribution in [3.8, 4) is 0 Å². The Morgan fingerprint density at radius 3 is 2.44 bits per heavy atom. The van der Waals surface area contributed by atoms with E-state index in [1.54, 1.807) is 30.5 Å². The molecule has 1 aromatic carbocycles. The van der Waals surface area contributed by atoms with Crippen molar-refractivity contribution in [2.75, 3.05) is 27.2 Å². The first-order valence-electron chi connectivity index (χ1n) is 8.95. The molecule has 2 heterocycles. The van der Waals surface area contributed by atoms with Gasteiger partial charge in [0.15, 0.2) is 0 Å². The third-order valence-corrected chi connectivity index (χ3v) is 4.69. The van der Waals surface area contributed by atoms with Gasteiger partial charge in [-0.2, -0.15) is 0 Å². The van der Waals surface area contributed by atoms with E-state index in [1.165, 1.54) is 4.90 Å². The number of hydrogen-bond acceptors (Lipinski definition) is 4. The number of Topliss-reactive ketones (excluding diaryl/α,β-unsaturated/α-hetero) is 1. The number of quaternary nitrogens is 1. The highest BCUT2D eigenvalue weighted by Gasteiger charge is 2.46. The number of aromatic nitrogens is 1. The first kappa shape index (κ1) is 18.8. The topological polar surface area (TPSA) is 74.9 Å². The zero-order valence-corrected chi connectivity index (χ0v) is 15.8. The van der Waals surface area contributed by atoms with Crippen molar-refractivity contribution in [3.63, 3.8) is 0 Å². The lowest BCUT2D eigenvalue weighted by molar-refractivity contribution is -0.857. The molecule has 0 spiro atoms. The summed E-state index contributed by atoms with van der Waals surface area (Å²) < 4.78 is 0. The number of hydrogen-bond donors (Lipinski definition) is 2. The molecule has 0 bridgehead atoms. The number of benzene rings is 1. The van der Waals surface area contributed by atoms with Crippen molar-refractivity contribution >= 4 is 17.4 Å². The molecular weight excluding hydrogens is 342 g/mol. The van der Waals surface area contributed by atoms with Gasteiger partial charge < -0.3 is 14.9 Å². The number of likely N-dealkylation sites (N-methyl/N-ethyl adjacent to an activating group) is 1. The lowest BCUT2D eigenvalue weighted by Crippen LogP contribution is -3.06. The number of aliphatic hydroxyl groups excluding tert-OH is 1. The summed E-state index contributed by atoms with van der Waals surface area (Å²) in [5.41, 5.74) is 2.22. The first-order valence-corrected chi connectivity index (χ1v) is 8.95. The Morgan fingerprint density at radius 2 is 1.85 bits per heavy atom. The first-order chi connectivity index (χ1) is 12.9. The minimum absolute atomic E-state index is 0.0938. The van der Waals surface area contributed by atoms with Crippen LogP contribution in [0, 0.1) is 6.92 Å². The van der Waals surface area contributed by atoms with Crippen LogP contribution in [0.2, 0.25) is 0 Å². The molecule has 0 unspecified atom stereocenters. The zero-order valence-electron chi connectivity index (χ0n) is 15.8. The van der Waals surface area contributed by atoms with Crippen LogP contribution >= 0.6 is 0 Å². The van der Waals surface area contributed by atoms with Gasteiger partial charge >= 0.3 is 0 Å². The second-order valence-corrected chi connectivity index (χ2v) is 7.07. The minimum Gasteiger partial charge on any atom is -0.507 e. The molecule has 6 heteroatoms. The quantitative estimate of drug-likeness (QED) is 0.470. The average Bonchev–Trinajstić information content (AvgIpc) is 2.91. The molecule has 27 heavy (non-hydrogen) atoms. The molecule has 1 aliphatic heterocycles. The van der Waals surface area contributed by atoms with E-state index in [9.17, 15) is 14.7 Å². The lowest BCUT2D eigenvalue weighted by Gasteiger charge is -2.24. The van der Waals surface area contributed by atoms with Gasteiger partial charge in [-0.1, -0.05) is 35.9 Å². The molecule has 1 aliphatic rings. The molecule has 0 aliphatic carbocycles. The second-order valence-electron chi connectivity index (χ2n) is 7.07. The Morgan fingerprint density at radius 1 is 1.15 bits per heavy atom. The third-order valence-electron chi connectivity index (χ3n) is 4.69. The molecule has 3 rings (SSSR count). The molecule has 0 saturated carbocycles. The van der Waals surface area contributed by atoms with Crippen LogP contribution in [0.25, 0.3) is 5.76 Å². The number of carbonyl (C=O) groups excluding carboxylic acids is 2. The van der Waals surface area contributed by atoms with Crippen LogP contribution in [0.4, 0.5) is 0 Å². The van der Waals surface area contributed by atoms with Gasteiger partial charge in [-0.15, -0.1) is 0 Å². The van der Waals surface area contributed by atoms with E-state index in [1.807, 2.05) is 39.2 Å². The fraction of sp³-hybridized carbons (Fsp3) is 0.286. The fourth-order valence-electron chi connectivity index (χ4n) is 3.17. The van der Waals surface area contributed by atoms with E-state index in [0.717, 1.165) is 10.5 Å². The van der Waals surface area contributed by atoms with Crippen molar-refractivity contribution in [2.24, 2.45) is 0 Å². The summed E-state index contributed by atoms with van der Waals surface area (Å²) in [4.78, 5) is 32.5. The van der Waals surface area contributed by atoms with E-state index < -0.39 is 17.7 Å². The number of ketones is 1. The molecule has 1 fully saturated rings. The predicted octanol–water partition coefficient (Wildman–Crippen LogP) is 0.956. The smallest absolute Gasteiger partial charge is 0.295 e. The fourth-order valence-corrected chi connectivity index (χ4v) is 3.17. The molecule has 0 radical (unpaired) electrons. The van der Waals surface area contributed by atoms with Gasteiger partial charge in [0.05, 0.1) is 38.5 Å². The number of nitrogens with zero attached hydrogens (tertiary/aromatic N) is 2. The van der Waals surface area contributed by atoms with Crippen molar-refractivity contribution in [2.45, 2.75) is 13.0 Å². The Bertz CT molecular complexity index is 873. The van der Waals surface area contributed by atoms with Gasteiger partial charge in [0, 0.05) is 11.8 Å². The van der Waals surface area contributed by atoms with Crippen LogP contribution in [0.3, 0.4) is 0 Å². The van der Waals surface area contributed by atoms with Crippen LogP contribution in [0.15, 0.2) is 54.2 Å². The van der Waals surface area contributed by atoms with E-state index in [0.29, 0.717) is 24.3 Å². The normalized spacial score (nSPS) is 19.1. The van der Waals surface area contributed by atoms with Crippen LogP contribution in [0.5, 0.6) is 0 Å². The Hall–Kier alpha value is -2.99. The summed E-state index contributed by atoms with van der Waals surface area (Å²) in [6.07, 6.45) is 1.62. The number of nitrogens with one attached hydrogen (secondary N) is 1. The van der Waals surface area contributed by atoms with Crippen LogP contribution in [-0.4, -0.2) is 53.9 Å². The van der Waals surface area contributed by atoms with Gasteiger partial charge in [0.2, 0.25) is 0 Å². The monoisotopic (exact) mass is 366 g/mol. The molecule has 1 saturated heterocycles. The molecule has 2 aromatic rings. The Balaban J connectivity index is 2.12. The summed E-state index contributed by atoms with van der Waals surface area (Å²) in [5, 5.41) is 10.9. The number of pyridine rings is 1. The molecule has 6 nitrogen and oxygen atoms in total. The highest BCUT2D eigenvalue weighted by molar-refractivity contribution is 6.46. The van der Waals surface area contributed by atoms with E-state index in [2.05, 4.69) is 4.98 Å². The Labute approximate surface area is 158 Å². The van der Waals surface area contributed by atoms with Gasteiger partial charge in [-0.25, -0.2) is 0 Å². The SMILES string of the molecule is Cc1ccc(C(O)=C2C(=O)C(=O)N(CC[NH+](C)C)[C@H]2c2ccccn2)cc1. The van der Waals surface area contributed by atoms with Gasteiger partial charge in [-0.3, -0.25) is 14.6 Å². The zero-order chi connectivity index (χ0) is 19.6. The maximum absolute atomic E-state index is 12.8. The summed E-state index contributed by atoms with van der Waals surface area (Å²) >= 11 is 0. The number of carbonyl (C=O) groups is 2. The van der Waals surface area contributed by atoms with Crippen molar-refractivity contribution in [1.29, 1.82) is 0 Å².